The van der Waals surface area contributed by atoms with Gasteiger partial charge in [0.2, 0.25) is 0 Å². The quantitative estimate of drug-likeness (QED) is 0.528. The lowest BCUT2D eigenvalue weighted by molar-refractivity contribution is -0.123. The number of carbonyl (C=O) groups excluding carboxylic acids is 2. The van der Waals surface area contributed by atoms with E-state index in [0.717, 1.165) is 39.3 Å². The van der Waals surface area contributed by atoms with Crippen LogP contribution >= 0.6 is 27.7 Å². The average molecular weight is 446 g/mol. The van der Waals surface area contributed by atoms with Crippen molar-refractivity contribution in [3.05, 3.63) is 68.5 Å². The Morgan fingerprint density at radius 1 is 1.15 bits per heavy atom. The van der Waals surface area contributed by atoms with E-state index in [1.807, 2.05) is 56.3 Å². The maximum absolute atomic E-state index is 12.8. The van der Waals surface area contributed by atoms with E-state index in [-0.39, 0.29) is 17.7 Å². The molecule has 3 rings (SSSR count). The Kier molecular flexibility index (Phi) is 6.39. The number of benzene rings is 2. The molecule has 0 N–H and O–H groups in total. The van der Waals surface area contributed by atoms with Crippen molar-refractivity contribution in [3.63, 3.8) is 0 Å². The van der Waals surface area contributed by atoms with E-state index in [4.69, 9.17) is 4.74 Å². The summed E-state index contributed by atoms with van der Waals surface area (Å²) in [6.07, 6.45) is 2.62. The van der Waals surface area contributed by atoms with Crippen LogP contribution in [0.25, 0.3) is 6.08 Å². The molecule has 1 aliphatic rings. The molecule has 0 aromatic heterocycles. The molecule has 0 unspecified atom stereocenters. The third kappa shape index (κ3) is 4.82. The van der Waals surface area contributed by atoms with Gasteiger partial charge in [-0.25, -0.2) is 0 Å². The highest BCUT2D eigenvalue weighted by atomic mass is 79.9. The molecule has 2 aromatic rings. The van der Waals surface area contributed by atoms with Crippen LogP contribution in [0.3, 0.4) is 0 Å². The number of rotatable bonds is 6. The fourth-order valence-corrected chi connectivity index (χ4v) is 3.84. The zero-order valence-electron chi connectivity index (χ0n) is 15.2. The third-order valence-corrected chi connectivity index (χ3v) is 5.46. The molecular formula is C21H20BrNO3S. The van der Waals surface area contributed by atoms with Crippen molar-refractivity contribution < 1.29 is 14.3 Å². The van der Waals surface area contributed by atoms with Crippen LogP contribution in [0.5, 0.6) is 5.75 Å². The van der Waals surface area contributed by atoms with Crippen molar-refractivity contribution in [3.8, 4) is 5.75 Å². The van der Waals surface area contributed by atoms with Gasteiger partial charge in [0, 0.05) is 10.0 Å². The Morgan fingerprint density at radius 3 is 2.59 bits per heavy atom. The van der Waals surface area contributed by atoms with Crippen molar-refractivity contribution in [2.24, 2.45) is 0 Å². The molecule has 0 radical (unpaired) electrons. The second-order valence-electron chi connectivity index (χ2n) is 6.28. The van der Waals surface area contributed by atoms with Crippen LogP contribution in [0.15, 0.2) is 51.8 Å². The summed E-state index contributed by atoms with van der Waals surface area (Å²) in [6.45, 7) is 4.91. The Hall–Kier alpha value is -2.05. The first-order valence-electron chi connectivity index (χ1n) is 8.71. The first kappa shape index (κ1) is 19.7. The lowest BCUT2D eigenvalue weighted by atomic mass is 10.1. The molecule has 1 aliphatic heterocycles. The Labute approximate surface area is 171 Å². The summed E-state index contributed by atoms with van der Waals surface area (Å²) < 4.78 is 6.65. The summed E-state index contributed by atoms with van der Waals surface area (Å²) >= 11 is 4.41. The monoisotopic (exact) mass is 445 g/mol. The van der Waals surface area contributed by atoms with Gasteiger partial charge in [0.05, 0.1) is 18.1 Å². The molecular weight excluding hydrogens is 426 g/mol. The summed E-state index contributed by atoms with van der Waals surface area (Å²) in [7, 11) is 0. The Morgan fingerprint density at radius 2 is 1.89 bits per heavy atom. The number of halogens is 1. The summed E-state index contributed by atoms with van der Waals surface area (Å²) in [5.74, 6) is 0.428. The molecule has 1 heterocycles. The van der Waals surface area contributed by atoms with Crippen LogP contribution in [-0.2, 0) is 11.3 Å². The minimum atomic E-state index is -0.271. The van der Waals surface area contributed by atoms with Gasteiger partial charge in [0.15, 0.2) is 0 Å². The number of nitrogens with zero attached hydrogens (tertiary/aromatic N) is 1. The number of hydrogen-bond acceptors (Lipinski definition) is 4. The standard InChI is InChI=1S/C21H20BrNO3S/c1-3-10-26-18-9-8-17(22)11-16(18)12-19-20(24)23(21(25)27-19)13-15-6-4-14(2)5-7-15/h4-9,11-12H,3,10,13H2,1-2H3/b19-12-. The van der Waals surface area contributed by atoms with Gasteiger partial charge in [-0.05, 0) is 54.9 Å². The second-order valence-corrected chi connectivity index (χ2v) is 8.19. The molecule has 0 atom stereocenters. The highest BCUT2D eigenvalue weighted by Gasteiger charge is 2.35. The Bertz CT molecular complexity index is 893. The van der Waals surface area contributed by atoms with Crippen LogP contribution in [0, 0.1) is 6.92 Å². The van der Waals surface area contributed by atoms with Crippen LogP contribution < -0.4 is 4.74 Å². The molecule has 2 amide bonds. The fourth-order valence-electron chi connectivity index (χ4n) is 2.63. The van der Waals surface area contributed by atoms with Crippen molar-refractivity contribution in [2.45, 2.75) is 26.8 Å². The number of aryl methyl sites for hydroxylation is 1. The average Bonchev–Trinajstić information content (AvgIpc) is 2.90. The van der Waals surface area contributed by atoms with E-state index in [1.165, 1.54) is 4.90 Å². The molecule has 6 heteroatoms. The maximum Gasteiger partial charge on any atom is 0.293 e. The zero-order chi connectivity index (χ0) is 19.4. The number of thioether (sulfide) groups is 1. The molecule has 0 bridgehead atoms. The van der Waals surface area contributed by atoms with Gasteiger partial charge < -0.3 is 4.74 Å². The number of carbonyl (C=O) groups is 2. The molecule has 0 spiro atoms. The van der Waals surface area contributed by atoms with Gasteiger partial charge in [-0.2, -0.15) is 0 Å². The van der Waals surface area contributed by atoms with Gasteiger partial charge in [0.25, 0.3) is 11.1 Å². The molecule has 0 aliphatic carbocycles. The van der Waals surface area contributed by atoms with E-state index in [9.17, 15) is 9.59 Å². The normalized spacial score (nSPS) is 15.7. The van der Waals surface area contributed by atoms with E-state index >= 15 is 0 Å². The predicted molar refractivity (Wildman–Crippen MR) is 113 cm³/mol. The maximum atomic E-state index is 12.8. The summed E-state index contributed by atoms with van der Waals surface area (Å²) in [5.41, 5.74) is 2.85. The smallest absolute Gasteiger partial charge is 0.293 e. The topological polar surface area (TPSA) is 46.6 Å². The SMILES string of the molecule is CCCOc1ccc(Br)cc1/C=C1\SC(=O)N(Cc2ccc(C)cc2)C1=O. The number of ether oxygens (including phenoxy) is 1. The summed E-state index contributed by atoms with van der Waals surface area (Å²) in [5, 5.41) is -0.252. The second kappa shape index (κ2) is 8.76. The number of amides is 2. The zero-order valence-corrected chi connectivity index (χ0v) is 17.6. The van der Waals surface area contributed by atoms with Crippen LogP contribution in [0.4, 0.5) is 4.79 Å². The summed E-state index contributed by atoms with van der Waals surface area (Å²) in [6, 6.07) is 13.5. The molecule has 140 valence electrons. The van der Waals surface area contributed by atoms with E-state index in [1.54, 1.807) is 6.08 Å². The van der Waals surface area contributed by atoms with Crippen molar-refractivity contribution >= 4 is 44.9 Å². The van der Waals surface area contributed by atoms with Gasteiger partial charge in [-0.3, -0.25) is 14.5 Å². The largest absolute Gasteiger partial charge is 0.493 e. The van der Waals surface area contributed by atoms with E-state index in [0.29, 0.717) is 17.3 Å². The van der Waals surface area contributed by atoms with Gasteiger partial charge in [0.1, 0.15) is 5.75 Å². The van der Waals surface area contributed by atoms with E-state index in [2.05, 4.69) is 15.9 Å². The first-order valence-corrected chi connectivity index (χ1v) is 10.3. The summed E-state index contributed by atoms with van der Waals surface area (Å²) in [4.78, 5) is 26.8. The van der Waals surface area contributed by atoms with Crippen LogP contribution in [0.1, 0.15) is 30.0 Å². The lowest BCUT2D eigenvalue weighted by Crippen LogP contribution is -2.27. The molecule has 2 aromatic carbocycles. The van der Waals surface area contributed by atoms with Crippen molar-refractivity contribution in [1.29, 1.82) is 0 Å². The third-order valence-electron chi connectivity index (χ3n) is 4.06. The number of imide groups is 1. The fraction of sp³-hybridized carbons (Fsp3) is 0.238. The molecule has 4 nitrogen and oxygen atoms in total. The minimum absolute atomic E-state index is 0.252. The van der Waals surface area contributed by atoms with Crippen LogP contribution in [0.2, 0.25) is 0 Å². The predicted octanol–water partition coefficient (Wildman–Crippen LogP) is 5.78. The van der Waals surface area contributed by atoms with Gasteiger partial charge in [-0.15, -0.1) is 0 Å². The molecule has 1 fully saturated rings. The lowest BCUT2D eigenvalue weighted by Gasteiger charge is -2.12. The van der Waals surface area contributed by atoms with E-state index < -0.39 is 0 Å². The Balaban J connectivity index is 1.84. The number of hydrogen-bond donors (Lipinski definition) is 0. The molecule has 0 saturated carbocycles. The molecule has 27 heavy (non-hydrogen) atoms. The first-order chi connectivity index (χ1) is 13.0. The molecule has 1 saturated heterocycles. The van der Waals surface area contributed by atoms with Gasteiger partial charge in [-0.1, -0.05) is 52.7 Å². The highest BCUT2D eigenvalue weighted by molar-refractivity contribution is 9.10. The minimum Gasteiger partial charge on any atom is -0.493 e. The highest BCUT2D eigenvalue weighted by Crippen LogP contribution is 2.35. The van der Waals surface area contributed by atoms with Crippen LogP contribution in [-0.4, -0.2) is 22.7 Å². The van der Waals surface area contributed by atoms with Gasteiger partial charge >= 0.3 is 0 Å². The van der Waals surface area contributed by atoms with Crippen molar-refractivity contribution in [1.82, 2.24) is 4.90 Å². The van der Waals surface area contributed by atoms with Crippen molar-refractivity contribution in [2.75, 3.05) is 6.61 Å².